The second kappa shape index (κ2) is 8.35. The second-order valence-corrected chi connectivity index (χ2v) is 8.16. The van der Waals surface area contributed by atoms with E-state index in [1.807, 2.05) is 55.5 Å². The summed E-state index contributed by atoms with van der Waals surface area (Å²) < 4.78 is 5.20. The number of aryl methyl sites for hydroxylation is 2. The van der Waals surface area contributed by atoms with Crippen LogP contribution in [0.4, 0.5) is 5.95 Å². The third kappa shape index (κ3) is 3.96. The summed E-state index contributed by atoms with van der Waals surface area (Å²) in [5, 5.41) is 4.30. The Hall–Kier alpha value is -3.46. The van der Waals surface area contributed by atoms with Crippen LogP contribution in [0, 0.1) is 6.92 Å². The summed E-state index contributed by atoms with van der Waals surface area (Å²) in [6.07, 6.45) is 1.67. The summed E-state index contributed by atoms with van der Waals surface area (Å²) in [4.78, 5) is 29.9. The van der Waals surface area contributed by atoms with Gasteiger partial charge in [-0.2, -0.15) is 10.1 Å². The van der Waals surface area contributed by atoms with Gasteiger partial charge in [-0.25, -0.2) is 10.2 Å². The van der Waals surface area contributed by atoms with Gasteiger partial charge < -0.3 is 0 Å². The first-order chi connectivity index (χ1) is 14.9. The smallest absolute Gasteiger partial charge is 0.298 e. The molecule has 158 valence electrons. The number of aromatic nitrogens is 4. The molecule has 31 heavy (non-hydrogen) atoms. The Kier molecular flexibility index (Phi) is 5.60. The first-order valence-corrected chi connectivity index (χ1v) is 10.4. The molecular formula is C22H21BrN6O2. The fraction of sp³-hybridized carbons (Fsp3) is 0.182. The Morgan fingerprint density at radius 3 is 2.48 bits per heavy atom. The van der Waals surface area contributed by atoms with E-state index < -0.39 is 11.2 Å². The number of hydrazone groups is 1. The highest BCUT2D eigenvalue weighted by atomic mass is 79.9. The van der Waals surface area contributed by atoms with E-state index in [2.05, 4.69) is 31.4 Å². The van der Waals surface area contributed by atoms with Gasteiger partial charge in [0.2, 0.25) is 5.95 Å². The van der Waals surface area contributed by atoms with Gasteiger partial charge in [-0.15, -0.1) is 0 Å². The molecule has 0 unspecified atom stereocenters. The summed E-state index contributed by atoms with van der Waals surface area (Å²) >= 11 is 3.41. The van der Waals surface area contributed by atoms with Crippen molar-refractivity contribution in [2.75, 3.05) is 5.43 Å². The van der Waals surface area contributed by atoms with Crippen LogP contribution in [0.1, 0.15) is 16.7 Å². The lowest BCUT2D eigenvalue weighted by molar-refractivity contribution is 0.702. The van der Waals surface area contributed by atoms with Gasteiger partial charge in [-0.1, -0.05) is 52.3 Å². The zero-order valence-electron chi connectivity index (χ0n) is 17.3. The minimum absolute atomic E-state index is 0.308. The molecule has 0 saturated carbocycles. The molecule has 9 heteroatoms. The van der Waals surface area contributed by atoms with Crippen LogP contribution in [-0.4, -0.2) is 24.9 Å². The van der Waals surface area contributed by atoms with Crippen LogP contribution in [0.15, 0.2) is 67.7 Å². The molecular weight excluding hydrogens is 460 g/mol. The van der Waals surface area contributed by atoms with E-state index in [9.17, 15) is 9.59 Å². The van der Waals surface area contributed by atoms with Gasteiger partial charge in [-0.3, -0.25) is 18.5 Å². The normalized spacial score (nSPS) is 11.5. The number of nitrogens with zero attached hydrogens (tertiary/aromatic N) is 5. The highest BCUT2D eigenvalue weighted by molar-refractivity contribution is 9.10. The van der Waals surface area contributed by atoms with E-state index in [0.717, 1.165) is 25.7 Å². The molecule has 2 aromatic carbocycles. The van der Waals surface area contributed by atoms with Crippen molar-refractivity contribution in [1.82, 2.24) is 18.7 Å². The van der Waals surface area contributed by atoms with E-state index in [0.29, 0.717) is 23.7 Å². The summed E-state index contributed by atoms with van der Waals surface area (Å²) in [5.41, 5.74) is 5.80. The second-order valence-electron chi connectivity index (χ2n) is 7.25. The summed E-state index contributed by atoms with van der Waals surface area (Å²) in [7, 11) is 3.07. The maximum absolute atomic E-state index is 13.0. The Bertz CT molecular complexity index is 1410. The predicted molar refractivity (Wildman–Crippen MR) is 126 cm³/mol. The van der Waals surface area contributed by atoms with Crippen LogP contribution in [0.5, 0.6) is 0 Å². The third-order valence-corrected chi connectivity index (χ3v) is 5.71. The molecule has 0 radical (unpaired) electrons. The lowest BCUT2D eigenvalue weighted by Crippen LogP contribution is -2.37. The highest BCUT2D eigenvalue weighted by Crippen LogP contribution is 2.19. The standard InChI is InChI=1S/C22H21BrN6O2/c1-14-6-4-5-7-16(14)13-29-18-19(27(2)22(31)28(3)20(18)30)25-21(29)26-24-12-15-8-10-17(23)11-9-15/h4-12H,13H2,1-3H3,(H,25,26). The first kappa shape index (κ1) is 20.8. The summed E-state index contributed by atoms with van der Waals surface area (Å²) in [6, 6.07) is 15.6. The van der Waals surface area contributed by atoms with Crippen molar-refractivity contribution in [2.45, 2.75) is 13.5 Å². The van der Waals surface area contributed by atoms with Crippen LogP contribution in [0.25, 0.3) is 11.2 Å². The average molecular weight is 481 g/mol. The molecule has 4 rings (SSSR count). The minimum atomic E-state index is -0.428. The Balaban J connectivity index is 1.83. The number of halogens is 1. The molecule has 8 nitrogen and oxygen atoms in total. The Labute approximate surface area is 186 Å². The monoisotopic (exact) mass is 480 g/mol. The summed E-state index contributed by atoms with van der Waals surface area (Å²) in [6.45, 7) is 2.42. The van der Waals surface area contributed by atoms with Gasteiger partial charge in [0.1, 0.15) is 0 Å². The number of fused-ring (bicyclic) bond motifs is 1. The van der Waals surface area contributed by atoms with E-state index >= 15 is 0 Å². The highest BCUT2D eigenvalue weighted by Gasteiger charge is 2.19. The Morgan fingerprint density at radius 2 is 1.77 bits per heavy atom. The molecule has 4 aromatic rings. The van der Waals surface area contributed by atoms with Crippen molar-refractivity contribution in [3.8, 4) is 0 Å². The molecule has 0 atom stereocenters. The summed E-state index contributed by atoms with van der Waals surface area (Å²) in [5.74, 6) is 0.380. The number of nitrogens with one attached hydrogen (secondary N) is 1. The van der Waals surface area contributed by atoms with Crippen LogP contribution >= 0.6 is 15.9 Å². The van der Waals surface area contributed by atoms with Gasteiger partial charge in [0.15, 0.2) is 11.2 Å². The van der Waals surface area contributed by atoms with Gasteiger partial charge >= 0.3 is 5.69 Å². The molecule has 0 aliphatic heterocycles. The van der Waals surface area contributed by atoms with Crippen LogP contribution in [0.2, 0.25) is 0 Å². The van der Waals surface area contributed by atoms with Crippen molar-refractivity contribution >= 4 is 39.3 Å². The minimum Gasteiger partial charge on any atom is -0.298 e. The predicted octanol–water partition coefficient (Wildman–Crippen LogP) is 3.00. The first-order valence-electron chi connectivity index (χ1n) is 9.62. The van der Waals surface area contributed by atoms with E-state index in [-0.39, 0.29) is 0 Å². The molecule has 0 aliphatic carbocycles. The van der Waals surface area contributed by atoms with Gasteiger partial charge in [0.05, 0.1) is 12.8 Å². The Morgan fingerprint density at radius 1 is 1.06 bits per heavy atom. The van der Waals surface area contributed by atoms with E-state index in [1.54, 1.807) is 17.8 Å². The number of hydrogen-bond donors (Lipinski definition) is 1. The van der Waals surface area contributed by atoms with Gasteiger partial charge in [0.25, 0.3) is 5.56 Å². The molecule has 0 amide bonds. The number of benzene rings is 2. The van der Waals surface area contributed by atoms with E-state index in [4.69, 9.17) is 0 Å². The van der Waals surface area contributed by atoms with Crippen molar-refractivity contribution < 1.29 is 0 Å². The third-order valence-electron chi connectivity index (χ3n) is 5.19. The lowest BCUT2D eigenvalue weighted by atomic mass is 10.1. The van der Waals surface area contributed by atoms with E-state index in [1.165, 1.54) is 11.6 Å². The van der Waals surface area contributed by atoms with Gasteiger partial charge in [0, 0.05) is 18.6 Å². The van der Waals surface area contributed by atoms with Crippen molar-refractivity contribution in [3.63, 3.8) is 0 Å². The molecule has 0 fully saturated rings. The topological polar surface area (TPSA) is 86.2 Å². The fourth-order valence-electron chi connectivity index (χ4n) is 3.36. The quantitative estimate of drug-likeness (QED) is 0.351. The number of imidazole rings is 1. The van der Waals surface area contributed by atoms with Crippen molar-refractivity contribution in [1.29, 1.82) is 0 Å². The maximum Gasteiger partial charge on any atom is 0.332 e. The molecule has 0 saturated heterocycles. The zero-order valence-corrected chi connectivity index (χ0v) is 18.9. The largest absolute Gasteiger partial charge is 0.332 e. The van der Waals surface area contributed by atoms with Crippen molar-refractivity contribution in [3.05, 3.63) is 90.5 Å². The van der Waals surface area contributed by atoms with Crippen LogP contribution in [0.3, 0.4) is 0 Å². The SMILES string of the molecule is Cc1ccccc1Cn1c(NN=Cc2ccc(Br)cc2)nc2c1c(=O)n(C)c(=O)n2C. The van der Waals surface area contributed by atoms with Crippen LogP contribution in [-0.2, 0) is 20.6 Å². The molecule has 0 spiro atoms. The molecule has 0 aliphatic rings. The lowest BCUT2D eigenvalue weighted by Gasteiger charge is -2.11. The van der Waals surface area contributed by atoms with Gasteiger partial charge in [-0.05, 0) is 35.7 Å². The fourth-order valence-corrected chi connectivity index (χ4v) is 3.62. The molecule has 2 heterocycles. The van der Waals surface area contributed by atoms with Crippen molar-refractivity contribution in [2.24, 2.45) is 19.2 Å². The van der Waals surface area contributed by atoms with Crippen LogP contribution < -0.4 is 16.7 Å². The molecule has 2 aromatic heterocycles. The number of rotatable bonds is 5. The number of anilines is 1. The molecule has 1 N–H and O–H groups in total. The molecule has 0 bridgehead atoms. The number of hydrogen-bond acceptors (Lipinski definition) is 5. The maximum atomic E-state index is 13.0. The average Bonchev–Trinajstić information content (AvgIpc) is 3.12. The zero-order chi connectivity index (χ0) is 22.1.